The van der Waals surface area contributed by atoms with Crippen LogP contribution in [0, 0.1) is 0 Å². The maximum atomic E-state index is 12.7. The van der Waals surface area contributed by atoms with Crippen LogP contribution in [0.3, 0.4) is 0 Å². The fourth-order valence-electron chi connectivity index (χ4n) is 2.48. The van der Waals surface area contributed by atoms with Crippen LogP contribution in [0.15, 0.2) is 59.0 Å². The summed E-state index contributed by atoms with van der Waals surface area (Å²) >= 11 is 6.07. The summed E-state index contributed by atoms with van der Waals surface area (Å²) in [7, 11) is 3.91. The Hall–Kier alpha value is -2.63. The van der Waals surface area contributed by atoms with Crippen LogP contribution in [0.2, 0.25) is 5.02 Å². The Morgan fingerprint density at radius 3 is 2.54 bits per heavy atom. The monoisotopic (exact) mass is 369 g/mol. The largest absolute Gasteiger partial charge is 0.435 e. The minimum absolute atomic E-state index is 0.261. The fourth-order valence-corrected chi connectivity index (χ4v) is 2.67. The highest BCUT2D eigenvalue weighted by Gasteiger charge is 2.22. The number of hydrogen-bond acceptors (Lipinski definition) is 4. The van der Waals surface area contributed by atoms with Crippen molar-refractivity contribution in [3.8, 4) is 22.8 Å². The lowest BCUT2D eigenvalue weighted by Crippen LogP contribution is -2.31. The molecule has 0 radical (unpaired) electrons. The van der Waals surface area contributed by atoms with E-state index in [9.17, 15) is 4.79 Å². The van der Waals surface area contributed by atoms with Gasteiger partial charge in [-0.25, -0.2) is 4.98 Å². The molecule has 0 spiro atoms. The molecule has 1 N–H and O–H groups in total. The van der Waals surface area contributed by atoms with Crippen LogP contribution in [0.25, 0.3) is 22.8 Å². The Kier molecular flexibility index (Phi) is 5.71. The van der Waals surface area contributed by atoms with E-state index in [1.165, 1.54) is 0 Å². The molecule has 0 unspecified atom stereocenters. The van der Waals surface area contributed by atoms with E-state index in [-0.39, 0.29) is 11.6 Å². The number of likely N-dealkylation sites (N-methyl/N-ethyl adjacent to an activating group) is 1. The number of oxazole rings is 1. The average molecular weight is 370 g/mol. The summed E-state index contributed by atoms with van der Waals surface area (Å²) in [4.78, 5) is 19.1. The summed E-state index contributed by atoms with van der Waals surface area (Å²) < 4.78 is 5.95. The van der Waals surface area contributed by atoms with E-state index in [0.717, 1.165) is 17.7 Å². The third kappa shape index (κ3) is 4.31. The van der Waals surface area contributed by atoms with E-state index >= 15 is 0 Å². The number of aromatic nitrogens is 1. The molecule has 2 aromatic carbocycles. The normalized spacial score (nSPS) is 10.9. The second-order valence-corrected chi connectivity index (χ2v) is 6.57. The van der Waals surface area contributed by atoms with Crippen molar-refractivity contribution in [3.05, 3.63) is 65.3 Å². The Morgan fingerprint density at radius 1 is 1.12 bits per heavy atom. The van der Waals surface area contributed by atoms with Gasteiger partial charge >= 0.3 is 0 Å². The second-order valence-electron chi connectivity index (χ2n) is 6.13. The Bertz CT molecular complexity index is 891. The summed E-state index contributed by atoms with van der Waals surface area (Å²) in [6.07, 6.45) is 0. The Balaban J connectivity index is 1.97. The van der Waals surface area contributed by atoms with Crippen molar-refractivity contribution in [2.75, 3.05) is 27.2 Å². The minimum Gasteiger partial charge on any atom is -0.435 e. The van der Waals surface area contributed by atoms with Gasteiger partial charge in [0.05, 0.1) is 0 Å². The zero-order valence-corrected chi connectivity index (χ0v) is 15.5. The van der Waals surface area contributed by atoms with Gasteiger partial charge in [0.15, 0.2) is 11.5 Å². The molecule has 6 heteroatoms. The first-order valence-corrected chi connectivity index (χ1v) is 8.67. The molecule has 26 heavy (non-hydrogen) atoms. The van der Waals surface area contributed by atoms with E-state index in [4.69, 9.17) is 16.0 Å². The van der Waals surface area contributed by atoms with Crippen molar-refractivity contribution >= 4 is 17.5 Å². The first-order chi connectivity index (χ1) is 12.5. The topological polar surface area (TPSA) is 58.4 Å². The first kappa shape index (κ1) is 18.2. The molecule has 0 saturated heterocycles. The van der Waals surface area contributed by atoms with Gasteiger partial charge < -0.3 is 14.6 Å². The van der Waals surface area contributed by atoms with Crippen LogP contribution in [-0.2, 0) is 0 Å². The van der Waals surface area contributed by atoms with Crippen molar-refractivity contribution in [2.45, 2.75) is 0 Å². The highest BCUT2D eigenvalue weighted by molar-refractivity contribution is 6.30. The van der Waals surface area contributed by atoms with Crippen molar-refractivity contribution in [1.29, 1.82) is 0 Å². The molecule has 1 aromatic heterocycles. The highest BCUT2D eigenvalue weighted by atomic mass is 35.5. The number of benzene rings is 2. The van der Waals surface area contributed by atoms with E-state index < -0.39 is 0 Å². The number of rotatable bonds is 6. The Morgan fingerprint density at radius 2 is 1.85 bits per heavy atom. The van der Waals surface area contributed by atoms with Crippen LogP contribution in [0.5, 0.6) is 0 Å². The molecule has 1 heterocycles. The van der Waals surface area contributed by atoms with Crippen LogP contribution < -0.4 is 5.32 Å². The van der Waals surface area contributed by atoms with Crippen molar-refractivity contribution in [3.63, 3.8) is 0 Å². The molecule has 3 aromatic rings. The first-order valence-electron chi connectivity index (χ1n) is 8.29. The smallest absolute Gasteiger partial charge is 0.273 e. The molecule has 0 aliphatic heterocycles. The van der Waals surface area contributed by atoms with E-state index in [0.29, 0.717) is 23.2 Å². The predicted octanol–water partition coefficient (Wildman–Crippen LogP) is 3.95. The molecule has 0 aliphatic rings. The van der Waals surface area contributed by atoms with Gasteiger partial charge in [-0.3, -0.25) is 4.79 Å². The summed E-state index contributed by atoms with van der Waals surface area (Å²) in [5.74, 6) is 0.551. The molecule has 0 atom stereocenters. The van der Waals surface area contributed by atoms with E-state index in [1.807, 2.05) is 61.5 Å². The van der Waals surface area contributed by atoms with Gasteiger partial charge in [-0.15, -0.1) is 0 Å². The SMILES string of the molecule is CN(C)CCNC(=O)c1nc(-c2cccc(Cl)c2)oc1-c1ccccc1. The zero-order valence-electron chi connectivity index (χ0n) is 14.7. The predicted molar refractivity (Wildman–Crippen MR) is 103 cm³/mol. The van der Waals surface area contributed by atoms with E-state index in [1.54, 1.807) is 12.1 Å². The highest BCUT2D eigenvalue weighted by Crippen LogP contribution is 2.30. The lowest BCUT2D eigenvalue weighted by atomic mass is 10.1. The van der Waals surface area contributed by atoms with E-state index in [2.05, 4.69) is 10.3 Å². The zero-order chi connectivity index (χ0) is 18.5. The lowest BCUT2D eigenvalue weighted by molar-refractivity contribution is 0.0947. The summed E-state index contributed by atoms with van der Waals surface area (Å²) in [6, 6.07) is 16.7. The van der Waals surface area contributed by atoms with Crippen LogP contribution in [-0.4, -0.2) is 43.0 Å². The Labute approximate surface area is 157 Å². The number of carbonyl (C=O) groups excluding carboxylic acids is 1. The van der Waals surface area contributed by atoms with Gasteiger partial charge in [0.1, 0.15) is 0 Å². The molecule has 5 nitrogen and oxygen atoms in total. The van der Waals surface area contributed by atoms with Gasteiger partial charge in [-0.1, -0.05) is 48.0 Å². The molecule has 3 rings (SSSR count). The van der Waals surface area contributed by atoms with Crippen LogP contribution in [0.4, 0.5) is 0 Å². The maximum absolute atomic E-state index is 12.7. The lowest BCUT2D eigenvalue weighted by Gasteiger charge is -2.09. The maximum Gasteiger partial charge on any atom is 0.273 e. The van der Waals surface area contributed by atoms with Crippen molar-refractivity contribution in [1.82, 2.24) is 15.2 Å². The molecular weight excluding hydrogens is 350 g/mol. The number of hydrogen-bond donors (Lipinski definition) is 1. The van der Waals surface area contributed by atoms with Crippen molar-refractivity contribution < 1.29 is 9.21 Å². The summed E-state index contributed by atoms with van der Waals surface area (Å²) in [5, 5.41) is 3.47. The summed E-state index contributed by atoms with van der Waals surface area (Å²) in [6.45, 7) is 1.27. The van der Waals surface area contributed by atoms with Crippen molar-refractivity contribution in [2.24, 2.45) is 0 Å². The molecule has 1 amide bonds. The minimum atomic E-state index is -0.261. The molecular formula is C20H20ClN3O2. The number of amides is 1. The number of nitrogens with zero attached hydrogens (tertiary/aromatic N) is 2. The van der Waals surface area contributed by atoms with Gasteiger partial charge in [0.2, 0.25) is 5.89 Å². The fraction of sp³-hybridized carbons (Fsp3) is 0.200. The molecule has 0 aliphatic carbocycles. The second kappa shape index (κ2) is 8.17. The van der Waals surface area contributed by atoms with Gasteiger partial charge in [0, 0.05) is 29.2 Å². The standard InChI is InChI=1S/C20H20ClN3O2/c1-24(2)12-11-22-19(25)17-18(14-7-4-3-5-8-14)26-20(23-17)15-9-6-10-16(21)13-15/h3-10,13H,11-12H2,1-2H3,(H,22,25). The number of halogens is 1. The number of carbonyl (C=O) groups is 1. The molecule has 0 fully saturated rings. The van der Waals surface area contributed by atoms with Gasteiger partial charge in [-0.05, 0) is 32.3 Å². The molecule has 0 bridgehead atoms. The van der Waals surface area contributed by atoms with Gasteiger partial charge in [-0.2, -0.15) is 0 Å². The third-order valence-electron chi connectivity index (χ3n) is 3.79. The number of nitrogens with one attached hydrogen (secondary N) is 1. The van der Waals surface area contributed by atoms with Gasteiger partial charge in [0.25, 0.3) is 5.91 Å². The molecule has 134 valence electrons. The summed E-state index contributed by atoms with van der Waals surface area (Å²) in [5.41, 5.74) is 1.79. The third-order valence-corrected chi connectivity index (χ3v) is 4.03. The van der Waals surface area contributed by atoms with Crippen LogP contribution >= 0.6 is 11.6 Å². The van der Waals surface area contributed by atoms with Crippen LogP contribution in [0.1, 0.15) is 10.5 Å². The quantitative estimate of drug-likeness (QED) is 0.714. The average Bonchev–Trinajstić information content (AvgIpc) is 3.07. The molecule has 0 saturated carbocycles.